The maximum atomic E-state index is 12.6. The molecule has 0 bridgehead atoms. The smallest absolute Gasteiger partial charge is 0.255 e. The number of ether oxygens (including phenoxy) is 3. The first-order chi connectivity index (χ1) is 12.2. The fourth-order valence-corrected chi connectivity index (χ4v) is 2.82. The van der Waals surface area contributed by atoms with Crippen LogP contribution >= 0.6 is 0 Å². The third kappa shape index (κ3) is 3.33. The second kappa shape index (κ2) is 7.34. The molecule has 128 valence electrons. The van der Waals surface area contributed by atoms with Crippen molar-refractivity contribution >= 4 is 5.91 Å². The number of para-hydroxylation sites is 1. The van der Waals surface area contributed by atoms with E-state index in [1.807, 2.05) is 30.3 Å². The Labute approximate surface area is 146 Å². The Morgan fingerprint density at radius 3 is 2.48 bits per heavy atom. The molecule has 3 rings (SSSR count). The van der Waals surface area contributed by atoms with Crippen molar-refractivity contribution in [3.63, 3.8) is 0 Å². The summed E-state index contributed by atoms with van der Waals surface area (Å²) in [5, 5.41) is 9.57. The number of methoxy groups -OCH3 is 2. The van der Waals surface area contributed by atoms with E-state index in [1.165, 1.54) is 19.1 Å². The van der Waals surface area contributed by atoms with Crippen LogP contribution < -0.4 is 4.74 Å². The van der Waals surface area contributed by atoms with E-state index >= 15 is 0 Å². The van der Waals surface area contributed by atoms with Gasteiger partial charge >= 0.3 is 0 Å². The Balaban J connectivity index is 1.88. The van der Waals surface area contributed by atoms with Gasteiger partial charge in [-0.1, -0.05) is 18.2 Å². The van der Waals surface area contributed by atoms with Crippen molar-refractivity contribution in [3.05, 3.63) is 59.7 Å². The highest BCUT2D eigenvalue weighted by Gasteiger charge is 2.38. The molecule has 0 saturated carbocycles. The molecule has 1 aliphatic heterocycles. The van der Waals surface area contributed by atoms with Crippen LogP contribution in [0.2, 0.25) is 0 Å². The molecule has 6 heteroatoms. The molecule has 0 aliphatic carbocycles. The van der Waals surface area contributed by atoms with Gasteiger partial charge in [-0.3, -0.25) is 4.79 Å². The minimum absolute atomic E-state index is 0.174. The van der Waals surface area contributed by atoms with Gasteiger partial charge in [-0.15, -0.1) is 0 Å². The van der Waals surface area contributed by atoms with Crippen molar-refractivity contribution in [2.75, 3.05) is 20.8 Å². The third-order valence-corrected chi connectivity index (χ3v) is 4.09. The number of nitriles is 1. The fraction of sp³-hybridized carbons (Fsp3) is 0.263. The van der Waals surface area contributed by atoms with Crippen LogP contribution in [0.15, 0.2) is 48.5 Å². The van der Waals surface area contributed by atoms with Crippen molar-refractivity contribution in [1.29, 1.82) is 5.26 Å². The molecule has 1 heterocycles. The predicted octanol–water partition coefficient (Wildman–Crippen LogP) is 3.12. The summed E-state index contributed by atoms with van der Waals surface area (Å²) >= 11 is 0. The van der Waals surface area contributed by atoms with E-state index in [0.29, 0.717) is 22.6 Å². The monoisotopic (exact) mass is 338 g/mol. The van der Waals surface area contributed by atoms with Gasteiger partial charge in [0, 0.05) is 25.3 Å². The number of rotatable bonds is 6. The first-order valence-corrected chi connectivity index (χ1v) is 7.81. The summed E-state index contributed by atoms with van der Waals surface area (Å²) in [5.74, 6) is 1.05. The number of amides is 1. The summed E-state index contributed by atoms with van der Waals surface area (Å²) in [4.78, 5) is 14.1. The topological polar surface area (TPSA) is 71.8 Å². The highest BCUT2D eigenvalue weighted by molar-refractivity contribution is 6.00. The van der Waals surface area contributed by atoms with Crippen LogP contribution in [0.1, 0.15) is 22.0 Å². The van der Waals surface area contributed by atoms with Crippen molar-refractivity contribution < 1.29 is 19.0 Å². The molecule has 25 heavy (non-hydrogen) atoms. The summed E-state index contributed by atoms with van der Waals surface area (Å²) in [5.41, 5.74) is 1.13. The zero-order valence-electron chi connectivity index (χ0n) is 14.0. The lowest BCUT2D eigenvalue weighted by Gasteiger charge is -2.24. The molecule has 6 nitrogen and oxygen atoms in total. The number of fused-ring (bicyclic) bond motifs is 1. The van der Waals surface area contributed by atoms with Gasteiger partial charge in [0.1, 0.15) is 17.5 Å². The van der Waals surface area contributed by atoms with Gasteiger partial charge in [0.05, 0.1) is 12.6 Å². The average Bonchev–Trinajstić information content (AvgIpc) is 2.91. The molecule has 0 radical (unpaired) electrons. The molecule has 0 spiro atoms. The largest absolute Gasteiger partial charge is 0.457 e. The van der Waals surface area contributed by atoms with Gasteiger partial charge in [-0.2, -0.15) is 5.26 Å². The van der Waals surface area contributed by atoms with Crippen LogP contribution in [0.25, 0.3) is 0 Å². The Morgan fingerprint density at radius 1 is 1.12 bits per heavy atom. The lowest BCUT2D eigenvalue weighted by atomic mass is 10.1. The van der Waals surface area contributed by atoms with Crippen LogP contribution in [0.3, 0.4) is 0 Å². The zero-order valence-corrected chi connectivity index (χ0v) is 14.0. The molecule has 1 aliphatic rings. The third-order valence-electron chi connectivity index (χ3n) is 4.09. The lowest BCUT2D eigenvalue weighted by Crippen LogP contribution is -2.36. The normalized spacial score (nSPS) is 16.0. The molecule has 0 saturated heterocycles. The van der Waals surface area contributed by atoms with E-state index in [-0.39, 0.29) is 12.5 Å². The van der Waals surface area contributed by atoms with E-state index in [9.17, 15) is 10.1 Å². The zero-order chi connectivity index (χ0) is 17.8. The van der Waals surface area contributed by atoms with E-state index < -0.39 is 12.3 Å². The number of nitrogens with zero attached hydrogens (tertiary/aromatic N) is 2. The first-order valence-electron chi connectivity index (χ1n) is 7.81. The van der Waals surface area contributed by atoms with Crippen molar-refractivity contribution in [3.8, 4) is 17.6 Å². The maximum Gasteiger partial charge on any atom is 0.255 e. The van der Waals surface area contributed by atoms with E-state index in [4.69, 9.17) is 14.2 Å². The molecule has 0 N–H and O–H groups in total. The Hall–Kier alpha value is -2.88. The van der Waals surface area contributed by atoms with Gasteiger partial charge in [-0.05, 0) is 30.3 Å². The minimum atomic E-state index is -0.699. The number of hydrogen-bond acceptors (Lipinski definition) is 5. The Kier molecular flexibility index (Phi) is 4.98. The number of benzene rings is 2. The summed E-state index contributed by atoms with van der Waals surface area (Å²) in [6.45, 7) is 0.174. The van der Waals surface area contributed by atoms with Crippen molar-refractivity contribution in [1.82, 2.24) is 4.90 Å². The van der Waals surface area contributed by atoms with Gasteiger partial charge in [-0.25, -0.2) is 0 Å². The number of carbonyl (C=O) groups is 1. The SMILES string of the molecule is COC(CN1C(=O)c2ccc(Oc3ccccc3)cc2C1C#N)OC. The molecule has 2 aromatic carbocycles. The minimum Gasteiger partial charge on any atom is -0.457 e. The number of hydrogen-bond donors (Lipinski definition) is 0. The second-order valence-corrected chi connectivity index (χ2v) is 5.55. The Morgan fingerprint density at radius 2 is 1.84 bits per heavy atom. The molecular formula is C19H18N2O4. The highest BCUT2D eigenvalue weighted by Crippen LogP contribution is 2.36. The van der Waals surface area contributed by atoms with Crippen molar-refractivity contribution in [2.24, 2.45) is 0 Å². The molecule has 0 fully saturated rings. The van der Waals surface area contributed by atoms with Crippen LogP contribution in [-0.4, -0.2) is 37.9 Å². The van der Waals surface area contributed by atoms with Gasteiger partial charge in [0.25, 0.3) is 5.91 Å². The van der Waals surface area contributed by atoms with E-state index in [2.05, 4.69) is 6.07 Å². The second-order valence-electron chi connectivity index (χ2n) is 5.55. The lowest BCUT2D eigenvalue weighted by molar-refractivity contribution is -0.113. The molecule has 1 amide bonds. The highest BCUT2D eigenvalue weighted by atomic mass is 16.7. The average molecular weight is 338 g/mol. The van der Waals surface area contributed by atoms with Crippen LogP contribution in [-0.2, 0) is 9.47 Å². The summed E-state index contributed by atoms with van der Waals surface area (Å²) in [7, 11) is 2.99. The Bertz CT molecular complexity index is 797. The maximum absolute atomic E-state index is 12.6. The number of carbonyl (C=O) groups excluding carboxylic acids is 1. The van der Waals surface area contributed by atoms with Crippen molar-refractivity contribution in [2.45, 2.75) is 12.3 Å². The predicted molar refractivity (Wildman–Crippen MR) is 90.2 cm³/mol. The molecule has 0 aromatic heterocycles. The fourth-order valence-electron chi connectivity index (χ4n) is 2.82. The van der Waals surface area contributed by atoms with Gasteiger partial charge < -0.3 is 19.1 Å². The van der Waals surface area contributed by atoms with Crippen LogP contribution in [0.4, 0.5) is 0 Å². The summed E-state index contributed by atoms with van der Waals surface area (Å²) < 4.78 is 16.1. The molecule has 1 atom stereocenters. The van der Waals surface area contributed by atoms with Crippen LogP contribution in [0.5, 0.6) is 11.5 Å². The van der Waals surface area contributed by atoms with E-state index in [0.717, 1.165) is 0 Å². The summed E-state index contributed by atoms with van der Waals surface area (Å²) in [6, 6.07) is 16.0. The first kappa shape index (κ1) is 17.0. The molecule has 1 unspecified atom stereocenters. The van der Waals surface area contributed by atoms with E-state index in [1.54, 1.807) is 18.2 Å². The summed E-state index contributed by atoms with van der Waals surface area (Å²) in [6.07, 6.45) is -0.589. The van der Waals surface area contributed by atoms with Gasteiger partial charge in [0.2, 0.25) is 0 Å². The van der Waals surface area contributed by atoms with Crippen LogP contribution in [0, 0.1) is 11.3 Å². The standard InChI is InChI=1S/C19H18N2O4/c1-23-18(24-2)12-21-17(11-20)16-10-14(8-9-15(16)19(21)22)25-13-6-4-3-5-7-13/h3-10,17-18H,12H2,1-2H3. The molecular weight excluding hydrogens is 320 g/mol. The molecule has 2 aromatic rings. The quantitative estimate of drug-likeness (QED) is 0.757. The van der Waals surface area contributed by atoms with Gasteiger partial charge in [0.15, 0.2) is 6.29 Å².